The van der Waals surface area contributed by atoms with Gasteiger partial charge >= 0.3 is 0 Å². The van der Waals surface area contributed by atoms with Gasteiger partial charge in [0.05, 0.1) is 4.90 Å². The second-order valence-corrected chi connectivity index (χ2v) is 10.9. The molecule has 2 aromatic rings. The lowest BCUT2D eigenvalue weighted by Gasteiger charge is -2.44. The zero-order chi connectivity index (χ0) is 21.6. The van der Waals surface area contributed by atoms with Crippen LogP contribution in [0.1, 0.15) is 30.9 Å². The van der Waals surface area contributed by atoms with Crippen LogP contribution in [0.5, 0.6) is 0 Å². The second kappa shape index (κ2) is 7.91. The van der Waals surface area contributed by atoms with Gasteiger partial charge in [0.1, 0.15) is 0 Å². The highest BCUT2D eigenvalue weighted by atomic mass is 32.2. The van der Waals surface area contributed by atoms with Gasteiger partial charge in [-0.05, 0) is 43.4 Å². The number of piperidine rings is 2. The molecule has 164 valence electrons. The summed E-state index contributed by atoms with van der Waals surface area (Å²) in [5, 5.41) is 0. The van der Waals surface area contributed by atoms with Crippen LogP contribution in [0.25, 0.3) is 0 Å². The molecule has 1 aromatic heterocycles. The molecule has 31 heavy (non-hydrogen) atoms. The average molecular weight is 442 g/mol. The van der Waals surface area contributed by atoms with Gasteiger partial charge in [-0.3, -0.25) is 9.59 Å². The van der Waals surface area contributed by atoms with Gasteiger partial charge < -0.3 is 9.47 Å². The molecule has 0 unspecified atom stereocenters. The first kappa shape index (κ1) is 20.5. The molecule has 0 aliphatic carbocycles. The molecule has 4 heterocycles. The molecule has 7 nitrogen and oxygen atoms in total. The summed E-state index contributed by atoms with van der Waals surface area (Å²) in [4.78, 5) is 27.7. The molecule has 2 atom stereocenters. The zero-order valence-electron chi connectivity index (χ0n) is 17.4. The summed E-state index contributed by atoms with van der Waals surface area (Å²) in [6.07, 6.45) is 2.11. The summed E-state index contributed by atoms with van der Waals surface area (Å²) >= 11 is 0. The van der Waals surface area contributed by atoms with Gasteiger partial charge in [-0.2, -0.15) is 4.31 Å². The molecule has 0 saturated carbocycles. The molecule has 8 heteroatoms. The summed E-state index contributed by atoms with van der Waals surface area (Å²) in [5.74, 6) is 0.495. The first-order chi connectivity index (χ1) is 14.9. The summed E-state index contributed by atoms with van der Waals surface area (Å²) in [6, 6.07) is 13.9. The minimum atomic E-state index is -3.51. The molecule has 0 radical (unpaired) electrons. The summed E-state index contributed by atoms with van der Waals surface area (Å²) < 4.78 is 29.1. The molecule has 5 rings (SSSR count). The number of carbonyl (C=O) groups is 1. The minimum absolute atomic E-state index is 0.0407. The Morgan fingerprint density at radius 1 is 0.903 bits per heavy atom. The Hall–Kier alpha value is -2.45. The first-order valence-electron chi connectivity index (χ1n) is 11.0. The third-order valence-corrected chi connectivity index (χ3v) is 8.89. The van der Waals surface area contributed by atoms with Crippen molar-refractivity contribution < 1.29 is 13.2 Å². The largest absolute Gasteiger partial charge is 0.341 e. The van der Waals surface area contributed by atoms with Crippen LogP contribution in [0.15, 0.2) is 58.2 Å². The zero-order valence-corrected chi connectivity index (χ0v) is 18.2. The molecule has 0 spiro atoms. The smallest absolute Gasteiger partial charge is 0.250 e. The van der Waals surface area contributed by atoms with Gasteiger partial charge in [0.25, 0.3) is 5.56 Å². The number of sulfonamides is 1. The number of benzene rings is 1. The Bertz CT molecular complexity index is 1140. The molecular formula is C23H27N3O4S. The highest BCUT2D eigenvalue weighted by Gasteiger charge is 2.39. The lowest BCUT2D eigenvalue weighted by molar-refractivity contribution is -0.139. The van der Waals surface area contributed by atoms with Crippen molar-refractivity contribution in [3.63, 3.8) is 0 Å². The van der Waals surface area contributed by atoms with Crippen molar-refractivity contribution in [2.24, 2.45) is 11.8 Å². The van der Waals surface area contributed by atoms with Crippen LogP contribution in [-0.2, 0) is 21.4 Å². The fourth-order valence-electron chi connectivity index (χ4n) is 5.42. The number of likely N-dealkylation sites (tertiary alicyclic amines) is 1. The summed E-state index contributed by atoms with van der Waals surface area (Å²) in [5.41, 5.74) is 1.07. The van der Waals surface area contributed by atoms with E-state index in [0.29, 0.717) is 56.4 Å². The van der Waals surface area contributed by atoms with Crippen molar-refractivity contribution in [1.29, 1.82) is 0 Å². The number of nitrogens with zero attached hydrogens (tertiary/aromatic N) is 3. The van der Waals surface area contributed by atoms with Crippen molar-refractivity contribution in [3.05, 3.63) is 64.6 Å². The number of fused-ring (bicyclic) bond motifs is 4. The number of hydrogen-bond acceptors (Lipinski definition) is 4. The van der Waals surface area contributed by atoms with Crippen molar-refractivity contribution >= 4 is 15.9 Å². The van der Waals surface area contributed by atoms with Gasteiger partial charge in [0.15, 0.2) is 0 Å². The molecule has 1 amide bonds. The second-order valence-electron chi connectivity index (χ2n) is 8.93. The predicted octanol–water partition coefficient (Wildman–Crippen LogP) is 1.89. The number of rotatable bonds is 3. The Labute approximate surface area is 182 Å². The van der Waals surface area contributed by atoms with E-state index in [9.17, 15) is 18.0 Å². The van der Waals surface area contributed by atoms with Gasteiger partial charge in [-0.25, -0.2) is 8.42 Å². The molecule has 3 aliphatic heterocycles. The highest BCUT2D eigenvalue weighted by molar-refractivity contribution is 7.89. The van der Waals surface area contributed by atoms with E-state index < -0.39 is 10.0 Å². The topological polar surface area (TPSA) is 79.7 Å². The average Bonchev–Trinajstić information content (AvgIpc) is 2.80. The Morgan fingerprint density at radius 3 is 2.39 bits per heavy atom. The Morgan fingerprint density at radius 2 is 1.65 bits per heavy atom. The maximum atomic E-state index is 13.3. The fourth-order valence-corrected chi connectivity index (χ4v) is 6.91. The first-order valence-corrected chi connectivity index (χ1v) is 12.4. The minimum Gasteiger partial charge on any atom is -0.341 e. The summed E-state index contributed by atoms with van der Waals surface area (Å²) in [6.45, 7) is 2.72. The number of carbonyl (C=O) groups excluding carboxylic acids is 1. The third-order valence-electron chi connectivity index (χ3n) is 6.98. The fraction of sp³-hybridized carbons (Fsp3) is 0.478. The number of hydrogen-bond donors (Lipinski definition) is 0. The molecule has 2 bridgehead atoms. The van der Waals surface area contributed by atoms with Crippen LogP contribution >= 0.6 is 0 Å². The van der Waals surface area contributed by atoms with E-state index >= 15 is 0 Å². The van der Waals surface area contributed by atoms with E-state index in [-0.39, 0.29) is 23.3 Å². The SMILES string of the molecule is O=C(C1CCN(S(=O)(=O)c2ccccc2)CC1)N1C[C@@H]2C[C@H](C1)c1cccc(=O)n1C2. The molecule has 2 saturated heterocycles. The molecule has 0 N–H and O–H groups in total. The van der Waals surface area contributed by atoms with Crippen LogP contribution in [0.2, 0.25) is 0 Å². The molecule has 1 aromatic carbocycles. The van der Waals surface area contributed by atoms with Gasteiger partial charge in [-0.1, -0.05) is 24.3 Å². The van der Waals surface area contributed by atoms with E-state index in [1.165, 1.54) is 4.31 Å². The number of amides is 1. The van der Waals surface area contributed by atoms with E-state index in [0.717, 1.165) is 12.1 Å². The summed E-state index contributed by atoms with van der Waals surface area (Å²) in [7, 11) is -3.51. The van der Waals surface area contributed by atoms with E-state index in [4.69, 9.17) is 0 Å². The van der Waals surface area contributed by atoms with E-state index in [1.54, 1.807) is 42.5 Å². The number of pyridine rings is 1. The van der Waals surface area contributed by atoms with Crippen LogP contribution in [0, 0.1) is 11.8 Å². The Balaban J connectivity index is 1.25. The lowest BCUT2D eigenvalue weighted by Crippen LogP contribution is -2.52. The highest BCUT2D eigenvalue weighted by Crippen LogP contribution is 2.36. The Kier molecular flexibility index (Phi) is 5.22. The maximum absolute atomic E-state index is 13.3. The van der Waals surface area contributed by atoms with Crippen molar-refractivity contribution in [3.8, 4) is 0 Å². The molecular weight excluding hydrogens is 414 g/mol. The van der Waals surface area contributed by atoms with Crippen LogP contribution in [-0.4, -0.2) is 54.3 Å². The van der Waals surface area contributed by atoms with Crippen LogP contribution in [0.3, 0.4) is 0 Å². The van der Waals surface area contributed by atoms with Gasteiger partial charge in [0, 0.05) is 56.3 Å². The monoisotopic (exact) mass is 441 g/mol. The molecule has 3 aliphatic rings. The third kappa shape index (κ3) is 3.72. The van der Waals surface area contributed by atoms with E-state index in [1.807, 2.05) is 15.5 Å². The van der Waals surface area contributed by atoms with Crippen LogP contribution < -0.4 is 5.56 Å². The van der Waals surface area contributed by atoms with Gasteiger partial charge in [0.2, 0.25) is 15.9 Å². The predicted molar refractivity (Wildman–Crippen MR) is 116 cm³/mol. The van der Waals surface area contributed by atoms with E-state index in [2.05, 4.69) is 0 Å². The number of aromatic nitrogens is 1. The maximum Gasteiger partial charge on any atom is 0.250 e. The quantitative estimate of drug-likeness (QED) is 0.729. The normalized spacial score (nSPS) is 24.6. The standard InChI is InChI=1S/C23H27N3O4S/c27-22-8-4-7-21-19-13-17(15-26(21)22)14-24(16-19)23(28)18-9-11-25(12-10-18)31(29,30)20-5-2-1-3-6-20/h1-8,17-19H,9-16H2/t17-,19+/m0/s1. The lowest BCUT2D eigenvalue weighted by atomic mass is 9.82. The van der Waals surface area contributed by atoms with Crippen molar-refractivity contribution in [1.82, 2.24) is 13.8 Å². The molecule has 2 fully saturated rings. The van der Waals surface area contributed by atoms with Gasteiger partial charge in [-0.15, -0.1) is 0 Å². The van der Waals surface area contributed by atoms with Crippen molar-refractivity contribution in [2.75, 3.05) is 26.2 Å². The van der Waals surface area contributed by atoms with Crippen molar-refractivity contribution in [2.45, 2.75) is 36.6 Å². The van der Waals surface area contributed by atoms with Crippen LogP contribution in [0.4, 0.5) is 0 Å².